The van der Waals surface area contributed by atoms with Crippen molar-refractivity contribution in [2.24, 2.45) is 0 Å². The van der Waals surface area contributed by atoms with Crippen LogP contribution in [0.4, 0.5) is 5.69 Å². The van der Waals surface area contributed by atoms with Gasteiger partial charge in [-0.25, -0.2) is 0 Å². The van der Waals surface area contributed by atoms with Gasteiger partial charge in [0.2, 0.25) is 5.91 Å². The van der Waals surface area contributed by atoms with Crippen LogP contribution in [0, 0.1) is 6.92 Å². The Hall–Kier alpha value is -2.82. The van der Waals surface area contributed by atoms with Gasteiger partial charge in [0, 0.05) is 11.3 Å². The third-order valence-corrected chi connectivity index (χ3v) is 2.93. The van der Waals surface area contributed by atoms with Crippen LogP contribution in [-0.2, 0) is 4.79 Å². The molecule has 2 aromatic rings. The number of phenols is 1. The summed E-state index contributed by atoms with van der Waals surface area (Å²) in [4.78, 5) is 23.5. The van der Waals surface area contributed by atoms with E-state index in [9.17, 15) is 14.7 Å². The fourth-order valence-electron chi connectivity index (χ4n) is 1.79. The molecule has 0 unspecified atom stereocenters. The molecule has 0 bridgehead atoms. The molecule has 0 aliphatic rings. The molecule has 21 heavy (non-hydrogen) atoms. The third kappa shape index (κ3) is 4.07. The zero-order valence-corrected chi connectivity index (χ0v) is 11.6. The van der Waals surface area contributed by atoms with Gasteiger partial charge in [-0.2, -0.15) is 0 Å². The number of benzene rings is 2. The van der Waals surface area contributed by atoms with Gasteiger partial charge in [-0.15, -0.1) is 0 Å². The number of phenolic OH excluding ortho intramolecular Hbond substituents is 1. The maximum Gasteiger partial charge on any atom is 0.251 e. The van der Waals surface area contributed by atoms with E-state index in [-0.39, 0.29) is 24.1 Å². The van der Waals surface area contributed by atoms with E-state index in [4.69, 9.17) is 0 Å². The minimum absolute atomic E-state index is 0.117. The summed E-state index contributed by atoms with van der Waals surface area (Å²) in [5, 5.41) is 14.6. The number of rotatable bonds is 4. The van der Waals surface area contributed by atoms with E-state index >= 15 is 0 Å². The number of carbonyl (C=O) groups is 2. The van der Waals surface area contributed by atoms with E-state index in [0.29, 0.717) is 16.8 Å². The third-order valence-electron chi connectivity index (χ3n) is 2.93. The minimum atomic E-state index is -0.329. The second-order valence-corrected chi connectivity index (χ2v) is 4.60. The number of amides is 2. The van der Waals surface area contributed by atoms with Crippen molar-refractivity contribution in [3.05, 3.63) is 59.7 Å². The number of hydrogen-bond acceptors (Lipinski definition) is 3. The van der Waals surface area contributed by atoms with Gasteiger partial charge in [0.05, 0.1) is 6.54 Å². The highest BCUT2D eigenvalue weighted by Gasteiger charge is 2.08. The molecule has 0 aliphatic heterocycles. The van der Waals surface area contributed by atoms with Crippen molar-refractivity contribution < 1.29 is 14.7 Å². The molecule has 3 N–H and O–H groups in total. The van der Waals surface area contributed by atoms with Gasteiger partial charge in [0.15, 0.2) is 0 Å². The Morgan fingerprint density at radius 2 is 1.81 bits per heavy atom. The number of anilines is 1. The molecular weight excluding hydrogens is 268 g/mol. The monoisotopic (exact) mass is 284 g/mol. The molecule has 2 aromatic carbocycles. The second-order valence-electron chi connectivity index (χ2n) is 4.60. The van der Waals surface area contributed by atoms with Crippen LogP contribution < -0.4 is 10.6 Å². The smallest absolute Gasteiger partial charge is 0.251 e. The summed E-state index contributed by atoms with van der Waals surface area (Å²) >= 11 is 0. The minimum Gasteiger partial charge on any atom is -0.508 e. The van der Waals surface area contributed by atoms with Crippen molar-refractivity contribution in [1.29, 1.82) is 0 Å². The van der Waals surface area contributed by atoms with Gasteiger partial charge in [-0.05, 0) is 42.8 Å². The molecular formula is C16H16N2O3. The van der Waals surface area contributed by atoms with E-state index in [2.05, 4.69) is 10.6 Å². The SMILES string of the molecule is Cc1cc(NC(=O)CNC(=O)c2ccccc2)ccc1O. The molecule has 0 spiro atoms. The van der Waals surface area contributed by atoms with E-state index < -0.39 is 0 Å². The van der Waals surface area contributed by atoms with Crippen molar-refractivity contribution in [3.8, 4) is 5.75 Å². The summed E-state index contributed by atoms with van der Waals surface area (Å²) in [7, 11) is 0. The summed E-state index contributed by atoms with van der Waals surface area (Å²) in [6.45, 7) is 1.62. The molecule has 0 atom stereocenters. The van der Waals surface area contributed by atoms with Crippen LogP contribution in [0.2, 0.25) is 0 Å². The maximum absolute atomic E-state index is 11.8. The first-order valence-electron chi connectivity index (χ1n) is 6.49. The molecule has 0 saturated heterocycles. The fraction of sp³-hybridized carbons (Fsp3) is 0.125. The zero-order valence-electron chi connectivity index (χ0n) is 11.6. The number of carbonyl (C=O) groups excluding carboxylic acids is 2. The van der Waals surface area contributed by atoms with E-state index in [1.807, 2.05) is 6.07 Å². The Morgan fingerprint density at radius 3 is 2.48 bits per heavy atom. The Bertz CT molecular complexity index is 654. The van der Waals surface area contributed by atoms with E-state index in [0.717, 1.165) is 0 Å². The highest BCUT2D eigenvalue weighted by Crippen LogP contribution is 2.19. The maximum atomic E-state index is 11.8. The first kappa shape index (κ1) is 14.6. The molecule has 0 radical (unpaired) electrons. The normalized spacial score (nSPS) is 9.95. The number of hydrogen-bond donors (Lipinski definition) is 3. The molecule has 5 nitrogen and oxygen atoms in total. The largest absolute Gasteiger partial charge is 0.508 e. The number of aromatic hydroxyl groups is 1. The molecule has 2 amide bonds. The Balaban J connectivity index is 1.87. The predicted molar refractivity (Wildman–Crippen MR) is 80.2 cm³/mol. The lowest BCUT2D eigenvalue weighted by molar-refractivity contribution is -0.115. The molecule has 0 aliphatic carbocycles. The lowest BCUT2D eigenvalue weighted by Gasteiger charge is -2.08. The van der Waals surface area contributed by atoms with Gasteiger partial charge in [0.25, 0.3) is 5.91 Å². The molecule has 0 fully saturated rings. The average Bonchev–Trinajstić information content (AvgIpc) is 2.49. The second kappa shape index (κ2) is 6.56. The Labute approximate surface area is 122 Å². The first-order valence-corrected chi connectivity index (χ1v) is 6.49. The van der Waals surface area contributed by atoms with Crippen LogP contribution in [0.3, 0.4) is 0 Å². The van der Waals surface area contributed by atoms with E-state index in [1.165, 1.54) is 6.07 Å². The van der Waals surface area contributed by atoms with Gasteiger partial charge in [0.1, 0.15) is 5.75 Å². The van der Waals surface area contributed by atoms with Crippen molar-refractivity contribution in [3.63, 3.8) is 0 Å². The molecule has 108 valence electrons. The summed E-state index contributed by atoms with van der Waals surface area (Å²) in [5.41, 5.74) is 1.75. The molecule has 0 heterocycles. The summed E-state index contributed by atoms with van der Waals surface area (Å²) in [5.74, 6) is -0.456. The molecule has 5 heteroatoms. The average molecular weight is 284 g/mol. The molecule has 0 saturated carbocycles. The standard InChI is InChI=1S/C16H16N2O3/c1-11-9-13(7-8-14(11)19)18-15(20)10-17-16(21)12-5-3-2-4-6-12/h2-9,19H,10H2,1H3,(H,17,21)(H,18,20). The Morgan fingerprint density at radius 1 is 1.10 bits per heavy atom. The van der Waals surface area contributed by atoms with Crippen LogP contribution in [0.15, 0.2) is 48.5 Å². The highest BCUT2D eigenvalue weighted by atomic mass is 16.3. The fourth-order valence-corrected chi connectivity index (χ4v) is 1.79. The zero-order chi connectivity index (χ0) is 15.2. The first-order chi connectivity index (χ1) is 10.1. The summed E-state index contributed by atoms with van der Waals surface area (Å²) in [6, 6.07) is 13.4. The van der Waals surface area contributed by atoms with Crippen LogP contribution in [0.5, 0.6) is 5.75 Å². The van der Waals surface area contributed by atoms with Crippen LogP contribution >= 0.6 is 0 Å². The highest BCUT2D eigenvalue weighted by molar-refractivity contribution is 5.99. The lowest BCUT2D eigenvalue weighted by atomic mass is 10.2. The van der Waals surface area contributed by atoms with Gasteiger partial charge < -0.3 is 15.7 Å². The number of aryl methyl sites for hydroxylation is 1. The lowest BCUT2D eigenvalue weighted by Crippen LogP contribution is -2.32. The van der Waals surface area contributed by atoms with Crippen molar-refractivity contribution in [1.82, 2.24) is 5.32 Å². The summed E-state index contributed by atoms with van der Waals surface area (Å²) < 4.78 is 0. The Kier molecular flexibility index (Phi) is 4.56. The van der Waals surface area contributed by atoms with Gasteiger partial charge >= 0.3 is 0 Å². The predicted octanol–water partition coefficient (Wildman–Crippen LogP) is 2.07. The summed E-state index contributed by atoms with van der Waals surface area (Å²) in [6.07, 6.45) is 0. The van der Waals surface area contributed by atoms with Crippen LogP contribution in [0.1, 0.15) is 15.9 Å². The number of nitrogens with one attached hydrogen (secondary N) is 2. The van der Waals surface area contributed by atoms with E-state index in [1.54, 1.807) is 43.3 Å². The van der Waals surface area contributed by atoms with Gasteiger partial charge in [-0.3, -0.25) is 9.59 Å². The molecule has 0 aromatic heterocycles. The molecule has 2 rings (SSSR count). The van der Waals surface area contributed by atoms with Crippen molar-refractivity contribution in [2.75, 3.05) is 11.9 Å². The quantitative estimate of drug-likeness (QED) is 0.752. The van der Waals surface area contributed by atoms with Crippen molar-refractivity contribution >= 4 is 17.5 Å². The topological polar surface area (TPSA) is 78.4 Å². The van der Waals surface area contributed by atoms with Crippen LogP contribution in [-0.4, -0.2) is 23.5 Å². The van der Waals surface area contributed by atoms with Crippen LogP contribution in [0.25, 0.3) is 0 Å². The van der Waals surface area contributed by atoms with Crippen molar-refractivity contribution in [2.45, 2.75) is 6.92 Å². The van der Waals surface area contributed by atoms with Gasteiger partial charge in [-0.1, -0.05) is 18.2 Å².